The number of esters is 1. The number of nitrogens with zero attached hydrogens (tertiary/aromatic N) is 4. The van der Waals surface area contributed by atoms with Gasteiger partial charge >= 0.3 is 5.97 Å². The van der Waals surface area contributed by atoms with Gasteiger partial charge in [-0.2, -0.15) is 5.10 Å². The SMILES string of the molecule is O=C(Oc1cccc2ccccc12)c1csc(C2CCN(C(=O)Cn3nc(CC(F)F)cc3CC(F)F)CC2)n1. The van der Waals surface area contributed by atoms with E-state index < -0.39 is 31.7 Å². The van der Waals surface area contributed by atoms with E-state index in [1.807, 2.05) is 36.4 Å². The predicted octanol–water partition coefficient (Wildman–Crippen LogP) is 5.73. The van der Waals surface area contributed by atoms with Gasteiger partial charge in [-0.05, 0) is 30.4 Å². The van der Waals surface area contributed by atoms with Crippen LogP contribution in [0.25, 0.3) is 10.8 Å². The van der Waals surface area contributed by atoms with Crippen LogP contribution in [0.2, 0.25) is 0 Å². The number of likely N-dealkylation sites (tertiary alicyclic amines) is 1. The molecule has 0 aliphatic carbocycles. The van der Waals surface area contributed by atoms with Crippen molar-refractivity contribution in [3.63, 3.8) is 0 Å². The molecule has 1 fully saturated rings. The molecule has 7 nitrogen and oxygen atoms in total. The minimum atomic E-state index is -2.69. The molecule has 0 unspecified atom stereocenters. The highest BCUT2D eigenvalue weighted by atomic mass is 32.1. The summed E-state index contributed by atoms with van der Waals surface area (Å²) in [7, 11) is 0. The van der Waals surface area contributed by atoms with E-state index in [0.29, 0.717) is 31.7 Å². The monoisotopic (exact) mass is 574 g/mol. The van der Waals surface area contributed by atoms with Crippen LogP contribution in [-0.4, -0.2) is 57.5 Å². The summed E-state index contributed by atoms with van der Waals surface area (Å²) in [6.07, 6.45) is -5.46. The number of fused-ring (bicyclic) bond motifs is 1. The topological polar surface area (TPSA) is 77.3 Å². The van der Waals surface area contributed by atoms with Gasteiger partial charge in [0.25, 0.3) is 0 Å². The van der Waals surface area contributed by atoms with Crippen molar-refractivity contribution in [3.8, 4) is 5.75 Å². The summed E-state index contributed by atoms with van der Waals surface area (Å²) in [5.41, 5.74) is 0.256. The number of hydrogen-bond acceptors (Lipinski definition) is 6. The molecule has 1 amide bonds. The lowest BCUT2D eigenvalue weighted by molar-refractivity contribution is -0.133. The third kappa shape index (κ3) is 6.49. The molecule has 0 bridgehead atoms. The van der Waals surface area contributed by atoms with Gasteiger partial charge in [0.1, 0.15) is 12.3 Å². The summed E-state index contributed by atoms with van der Waals surface area (Å²) in [6.45, 7) is 0.528. The van der Waals surface area contributed by atoms with Gasteiger partial charge in [0.15, 0.2) is 5.69 Å². The highest BCUT2D eigenvalue weighted by Gasteiger charge is 2.28. The van der Waals surface area contributed by atoms with Gasteiger partial charge in [0.05, 0.1) is 23.5 Å². The number of hydrogen-bond donors (Lipinski definition) is 0. The molecule has 0 saturated carbocycles. The lowest BCUT2D eigenvalue weighted by atomic mass is 9.97. The van der Waals surface area contributed by atoms with Crippen molar-refractivity contribution >= 4 is 34.0 Å². The molecule has 2 aromatic heterocycles. The summed E-state index contributed by atoms with van der Waals surface area (Å²) in [6, 6.07) is 14.3. The minimum absolute atomic E-state index is 0.0179. The molecular weight excluding hydrogens is 548 g/mol. The van der Waals surface area contributed by atoms with E-state index in [1.165, 1.54) is 17.4 Å². The fourth-order valence-electron chi connectivity index (χ4n) is 4.84. The molecule has 0 radical (unpaired) electrons. The molecule has 1 aliphatic rings. The van der Waals surface area contributed by atoms with E-state index in [1.54, 1.807) is 16.3 Å². The van der Waals surface area contributed by atoms with E-state index in [9.17, 15) is 27.2 Å². The standard InChI is InChI=1S/C28H26F4N4O3S/c29-24(30)13-19-12-20(14-25(31)32)36(34-19)15-26(37)35-10-8-18(9-11-35)27-33-22(16-40-27)28(38)39-23-7-3-5-17-4-1-2-6-21(17)23/h1-7,12,16,18,24-25H,8-11,13-15H2. The molecule has 210 valence electrons. The summed E-state index contributed by atoms with van der Waals surface area (Å²) >= 11 is 1.36. The molecule has 1 saturated heterocycles. The molecule has 2 aromatic carbocycles. The number of carbonyl (C=O) groups is 2. The number of amides is 1. The van der Waals surface area contributed by atoms with Crippen LogP contribution in [0, 0.1) is 0 Å². The third-order valence-corrected chi connectivity index (χ3v) is 7.81. The Labute approximate surface area is 231 Å². The van der Waals surface area contributed by atoms with Crippen LogP contribution in [0.1, 0.15) is 45.6 Å². The first-order chi connectivity index (χ1) is 19.3. The lowest BCUT2D eigenvalue weighted by Gasteiger charge is -2.31. The number of carbonyl (C=O) groups excluding carboxylic acids is 2. The quantitative estimate of drug-likeness (QED) is 0.145. The Morgan fingerprint density at radius 2 is 1.73 bits per heavy atom. The van der Waals surface area contributed by atoms with Gasteiger partial charge in [0.2, 0.25) is 18.8 Å². The molecule has 12 heteroatoms. The number of aromatic nitrogens is 3. The van der Waals surface area contributed by atoms with Gasteiger partial charge in [0, 0.05) is 35.5 Å². The van der Waals surface area contributed by atoms with Crippen molar-refractivity contribution < 1.29 is 31.9 Å². The number of piperidine rings is 1. The molecule has 5 rings (SSSR count). The van der Waals surface area contributed by atoms with E-state index in [2.05, 4.69) is 10.1 Å². The summed E-state index contributed by atoms with van der Waals surface area (Å²) < 4.78 is 58.2. The Bertz CT molecular complexity index is 1490. The molecule has 0 atom stereocenters. The zero-order valence-corrected chi connectivity index (χ0v) is 22.1. The van der Waals surface area contributed by atoms with Crippen molar-refractivity contribution in [3.05, 3.63) is 76.0 Å². The Morgan fingerprint density at radius 1 is 1.00 bits per heavy atom. The van der Waals surface area contributed by atoms with Gasteiger partial charge in [-0.3, -0.25) is 9.48 Å². The van der Waals surface area contributed by atoms with Crippen LogP contribution in [-0.2, 0) is 24.2 Å². The Kier molecular flexibility index (Phi) is 8.43. The number of thiazole rings is 1. The maximum atomic E-state index is 13.0. The van der Waals surface area contributed by atoms with Gasteiger partial charge in [-0.1, -0.05) is 36.4 Å². The zero-order chi connectivity index (χ0) is 28.2. The number of rotatable bonds is 9. The second-order valence-electron chi connectivity index (χ2n) is 9.57. The first-order valence-corrected chi connectivity index (χ1v) is 13.7. The van der Waals surface area contributed by atoms with Crippen molar-refractivity contribution in [2.75, 3.05) is 13.1 Å². The lowest BCUT2D eigenvalue weighted by Crippen LogP contribution is -2.40. The highest BCUT2D eigenvalue weighted by Crippen LogP contribution is 2.31. The smallest absolute Gasteiger partial charge is 0.363 e. The van der Waals surface area contributed by atoms with E-state index >= 15 is 0 Å². The van der Waals surface area contributed by atoms with Crippen LogP contribution in [0.4, 0.5) is 17.6 Å². The molecule has 40 heavy (non-hydrogen) atoms. The van der Waals surface area contributed by atoms with E-state index in [0.717, 1.165) is 20.5 Å². The van der Waals surface area contributed by atoms with Gasteiger partial charge < -0.3 is 9.64 Å². The fraction of sp³-hybridized carbons (Fsp3) is 0.357. The van der Waals surface area contributed by atoms with Crippen molar-refractivity contribution in [1.82, 2.24) is 19.7 Å². The highest BCUT2D eigenvalue weighted by molar-refractivity contribution is 7.09. The van der Waals surface area contributed by atoms with Crippen LogP contribution in [0.15, 0.2) is 53.9 Å². The summed E-state index contributed by atoms with van der Waals surface area (Å²) in [4.78, 5) is 31.8. The molecule has 4 aromatic rings. The zero-order valence-electron chi connectivity index (χ0n) is 21.3. The minimum Gasteiger partial charge on any atom is -0.421 e. The number of benzene rings is 2. The molecule has 3 heterocycles. The Hall–Kier alpha value is -3.80. The van der Waals surface area contributed by atoms with Gasteiger partial charge in [-0.25, -0.2) is 27.3 Å². The van der Waals surface area contributed by atoms with Crippen molar-refractivity contribution in [1.29, 1.82) is 0 Å². The summed E-state index contributed by atoms with van der Waals surface area (Å²) in [5, 5.41) is 8.20. The van der Waals surface area contributed by atoms with Crippen LogP contribution >= 0.6 is 11.3 Å². The van der Waals surface area contributed by atoms with Gasteiger partial charge in [-0.15, -0.1) is 11.3 Å². The van der Waals surface area contributed by atoms with Crippen LogP contribution in [0.5, 0.6) is 5.75 Å². The van der Waals surface area contributed by atoms with Crippen LogP contribution in [0.3, 0.4) is 0 Å². The number of halogens is 4. The average molecular weight is 575 g/mol. The van der Waals surface area contributed by atoms with Crippen molar-refractivity contribution in [2.45, 2.75) is 51.0 Å². The Balaban J connectivity index is 1.18. The largest absolute Gasteiger partial charge is 0.421 e. The average Bonchev–Trinajstić information content (AvgIpc) is 3.56. The van der Waals surface area contributed by atoms with Crippen molar-refractivity contribution in [2.24, 2.45) is 0 Å². The first kappa shape index (κ1) is 27.8. The molecular formula is C28H26F4N4O3S. The second-order valence-corrected chi connectivity index (χ2v) is 10.5. The molecule has 0 spiro atoms. The number of ether oxygens (including phenoxy) is 1. The molecule has 0 N–H and O–H groups in total. The first-order valence-electron chi connectivity index (χ1n) is 12.8. The Morgan fingerprint density at radius 3 is 2.48 bits per heavy atom. The van der Waals surface area contributed by atoms with E-state index in [4.69, 9.17) is 4.74 Å². The molecule has 1 aliphatic heterocycles. The second kappa shape index (κ2) is 12.2. The maximum absolute atomic E-state index is 13.0. The third-order valence-electron chi connectivity index (χ3n) is 6.81. The fourth-order valence-corrected chi connectivity index (χ4v) is 5.80. The maximum Gasteiger partial charge on any atom is 0.363 e. The van der Waals surface area contributed by atoms with E-state index in [-0.39, 0.29) is 35.5 Å². The summed E-state index contributed by atoms with van der Waals surface area (Å²) in [5.74, 6) is -0.361. The predicted molar refractivity (Wildman–Crippen MR) is 141 cm³/mol. The number of alkyl halides is 4. The van der Waals surface area contributed by atoms with Crippen LogP contribution < -0.4 is 4.74 Å². The normalized spacial score (nSPS) is 14.4.